The van der Waals surface area contributed by atoms with E-state index >= 15 is 0 Å². The highest BCUT2D eigenvalue weighted by molar-refractivity contribution is 7.32. The van der Waals surface area contributed by atoms with Crippen LogP contribution in [0.4, 0.5) is 0 Å². The summed E-state index contributed by atoms with van der Waals surface area (Å²) < 4.78 is 41.4. The van der Waals surface area contributed by atoms with Crippen LogP contribution in [0.3, 0.4) is 0 Å². The lowest BCUT2D eigenvalue weighted by Gasteiger charge is -2.20. The molecule has 0 spiro atoms. The molecule has 1 unspecified atom stereocenters. The molecular formula is C60H46O8P+. The summed E-state index contributed by atoms with van der Waals surface area (Å²) in [6.45, 7) is 0. The lowest BCUT2D eigenvalue weighted by atomic mass is 9.85. The Morgan fingerprint density at radius 3 is 1.04 bits per heavy atom. The number of rotatable bonds is 13. The smallest absolute Gasteiger partial charge is 0.507 e. The van der Waals surface area contributed by atoms with Crippen LogP contribution in [-0.2, 0) is 4.57 Å². The van der Waals surface area contributed by atoms with E-state index in [4.69, 9.17) is 23.5 Å². The third-order valence-electron chi connectivity index (χ3n) is 12.6. The Labute approximate surface area is 401 Å². The summed E-state index contributed by atoms with van der Waals surface area (Å²) in [5.41, 5.74) is 11.0. The van der Waals surface area contributed by atoms with Crippen molar-refractivity contribution in [2.24, 2.45) is 0 Å². The maximum atomic E-state index is 13.3. The van der Waals surface area contributed by atoms with Crippen molar-refractivity contribution in [2.75, 3.05) is 28.4 Å². The Bertz CT molecular complexity index is 3400. The lowest BCUT2D eigenvalue weighted by molar-refractivity contribution is 0.411. The monoisotopic (exact) mass is 925 g/mol. The zero-order chi connectivity index (χ0) is 47.6. The molecule has 10 aromatic carbocycles. The SMILES string of the molecule is COc1ccc(-c2cc(-c3ccc(OC)cc3)cc(-c3cc4ccccc4c(-c4c(O[P+](=O)O)c(-c5cc(-c6ccc(OC)cc6)cc(-c6ccc(OC)cc6)c5)cc5ccccc45)c3O)c2)cc1. The minimum absolute atomic E-state index is 0.0208. The van der Waals surface area contributed by atoms with Gasteiger partial charge in [0.1, 0.15) is 28.7 Å². The highest BCUT2D eigenvalue weighted by Crippen LogP contribution is 2.54. The van der Waals surface area contributed by atoms with Crippen LogP contribution in [0, 0.1) is 0 Å². The van der Waals surface area contributed by atoms with Crippen LogP contribution in [0.5, 0.6) is 34.5 Å². The first kappa shape index (κ1) is 44.4. The van der Waals surface area contributed by atoms with Gasteiger partial charge in [0, 0.05) is 26.8 Å². The summed E-state index contributed by atoms with van der Waals surface area (Å²) in [7, 11) is 3.35. The van der Waals surface area contributed by atoms with Crippen LogP contribution in [0.1, 0.15) is 0 Å². The van der Waals surface area contributed by atoms with Crippen LogP contribution in [0.15, 0.2) is 194 Å². The van der Waals surface area contributed by atoms with Crippen LogP contribution in [0.25, 0.3) is 99.4 Å². The van der Waals surface area contributed by atoms with Crippen molar-refractivity contribution in [3.63, 3.8) is 0 Å². The molecule has 0 bridgehead atoms. The van der Waals surface area contributed by atoms with Crippen LogP contribution < -0.4 is 23.5 Å². The molecular weight excluding hydrogens is 880 g/mol. The highest BCUT2D eigenvalue weighted by atomic mass is 31.1. The van der Waals surface area contributed by atoms with Crippen molar-refractivity contribution in [2.45, 2.75) is 0 Å². The van der Waals surface area contributed by atoms with Gasteiger partial charge in [0.15, 0.2) is 0 Å². The number of phenols is 1. The van der Waals surface area contributed by atoms with Gasteiger partial charge in [-0.2, -0.15) is 0 Å². The summed E-state index contributed by atoms with van der Waals surface area (Å²) in [6, 6.07) is 63.7. The second-order valence-electron chi connectivity index (χ2n) is 16.6. The molecule has 0 amide bonds. The number of hydrogen-bond donors (Lipinski definition) is 2. The van der Waals surface area contributed by atoms with Crippen LogP contribution in [-0.4, -0.2) is 38.4 Å². The van der Waals surface area contributed by atoms with E-state index in [1.165, 1.54) is 0 Å². The minimum atomic E-state index is -3.21. The van der Waals surface area contributed by atoms with E-state index < -0.39 is 8.25 Å². The molecule has 0 aliphatic rings. The minimum Gasteiger partial charge on any atom is -0.507 e. The molecule has 69 heavy (non-hydrogen) atoms. The summed E-state index contributed by atoms with van der Waals surface area (Å²) in [5, 5.41) is 16.3. The number of fused-ring (bicyclic) bond motifs is 2. The molecule has 1 atom stereocenters. The number of ether oxygens (including phenoxy) is 4. The van der Waals surface area contributed by atoms with Crippen molar-refractivity contribution >= 4 is 29.8 Å². The van der Waals surface area contributed by atoms with Gasteiger partial charge in [-0.05, 0) is 174 Å². The zero-order valence-electron chi connectivity index (χ0n) is 38.3. The second-order valence-corrected chi connectivity index (χ2v) is 17.2. The first-order chi connectivity index (χ1) is 33.7. The van der Waals surface area contributed by atoms with E-state index in [1.807, 2.05) is 158 Å². The molecule has 8 nitrogen and oxygen atoms in total. The quantitative estimate of drug-likeness (QED) is 0.110. The summed E-state index contributed by atoms with van der Waals surface area (Å²) in [4.78, 5) is 10.8. The molecule has 0 aliphatic heterocycles. The Hall–Kier alpha value is -8.42. The fraction of sp³-hybridized carbons (Fsp3) is 0.0667. The Balaban J connectivity index is 1.26. The Kier molecular flexibility index (Phi) is 12.3. The largest absolute Gasteiger partial charge is 0.747 e. The highest BCUT2D eigenvalue weighted by Gasteiger charge is 2.30. The molecule has 338 valence electrons. The van der Waals surface area contributed by atoms with Gasteiger partial charge in [-0.25, -0.2) is 4.52 Å². The van der Waals surface area contributed by atoms with E-state index in [9.17, 15) is 14.6 Å². The molecule has 0 fully saturated rings. The van der Waals surface area contributed by atoms with Crippen LogP contribution in [0.2, 0.25) is 0 Å². The average molecular weight is 926 g/mol. The van der Waals surface area contributed by atoms with Gasteiger partial charge >= 0.3 is 8.25 Å². The molecule has 0 radical (unpaired) electrons. The molecule has 9 heteroatoms. The maximum absolute atomic E-state index is 13.3. The predicted molar refractivity (Wildman–Crippen MR) is 278 cm³/mol. The van der Waals surface area contributed by atoms with Crippen LogP contribution >= 0.6 is 8.25 Å². The van der Waals surface area contributed by atoms with Gasteiger partial charge in [0.2, 0.25) is 5.75 Å². The fourth-order valence-electron chi connectivity index (χ4n) is 9.14. The third-order valence-corrected chi connectivity index (χ3v) is 13.0. The summed E-state index contributed by atoms with van der Waals surface area (Å²) in [6.07, 6.45) is 0. The van der Waals surface area contributed by atoms with E-state index in [0.29, 0.717) is 22.3 Å². The van der Waals surface area contributed by atoms with E-state index in [2.05, 4.69) is 36.4 Å². The molecule has 10 rings (SSSR count). The molecule has 0 heterocycles. The standard InChI is InChI=1S/C60H45O8P/c1-64-49-21-13-37(14-22-49)43-29-44(38-15-23-50(65-2)24-16-38)32-47(31-43)55-35-41-9-5-7-11-53(41)57(59(55)61)58-54-12-8-6-10-42(54)36-56(60(58)68-69(62)63)48-33-45(39-17-25-51(66-3)26-18-39)30-46(34-48)40-19-27-52(67-4)28-20-40/h5-36H,1-4H3,(H-,61,62,63)/p+1. The van der Waals surface area contributed by atoms with E-state index in [0.717, 1.165) is 100 Å². The Morgan fingerprint density at radius 2 is 0.681 bits per heavy atom. The Morgan fingerprint density at radius 1 is 0.362 bits per heavy atom. The van der Waals surface area contributed by atoms with E-state index in [-0.39, 0.29) is 11.5 Å². The van der Waals surface area contributed by atoms with E-state index in [1.54, 1.807) is 28.4 Å². The topological polar surface area (TPSA) is 104 Å². The lowest BCUT2D eigenvalue weighted by Crippen LogP contribution is -1.96. The molecule has 0 saturated heterocycles. The number of hydrogen-bond acceptors (Lipinski definition) is 7. The summed E-state index contributed by atoms with van der Waals surface area (Å²) in [5.74, 6) is 3.06. The number of benzene rings is 10. The van der Waals surface area contributed by atoms with Gasteiger partial charge in [-0.15, -0.1) is 4.89 Å². The molecule has 0 saturated carbocycles. The van der Waals surface area contributed by atoms with Gasteiger partial charge in [-0.1, -0.05) is 97.1 Å². The maximum Gasteiger partial charge on any atom is 0.747 e. The number of aromatic hydroxyl groups is 1. The zero-order valence-corrected chi connectivity index (χ0v) is 39.2. The molecule has 0 aromatic heterocycles. The second kappa shape index (κ2) is 19.1. The van der Waals surface area contributed by atoms with Crippen molar-refractivity contribution in [3.8, 4) is 112 Å². The van der Waals surface area contributed by atoms with Crippen molar-refractivity contribution in [1.29, 1.82) is 0 Å². The summed E-state index contributed by atoms with van der Waals surface area (Å²) >= 11 is 0. The fourth-order valence-corrected chi connectivity index (χ4v) is 9.49. The molecule has 2 N–H and O–H groups in total. The van der Waals surface area contributed by atoms with Crippen molar-refractivity contribution in [1.82, 2.24) is 0 Å². The molecule has 10 aromatic rings. The van der Waals surface area contributed by atoms with Crippen molar-refractivity contribution < 1.29 is 38.0 Å². The normalized spacial score (nSPS) is 11.3. The first-order valence-corrected chi connectivity index (χ1v) is 23.4. The van der Waals surface area contributed by atoms with Gasteiger partial charge in [0.05, 0.1) is 28.4 Å². The van der Waals surface area contributed by atoms with Gasteiger partial charge in [-0.3, -0.25) is 0 Å². The van der Waals surface area contributed by atoms with Gasteiger partial charge in [0.25, 0.3) is 0 Å². The van der Waals surface area contributed by atoms with Crippen molar-refractivity contribution in [3.05, 3.63) is 194 Å². The number of phenolic OH excluding ortho intramolecular Hbond substituents is 1. The predicted octanol–water partition coefficient (Wildman–Crippen LogP) is 15.4. The number of methoxy groups -OCH3 is 4. The van der Waals surface area contributed by atoms with Gasteiger partial charge < -0.3 is 24.1 Å². The third kappa shape index (κ3) is 8.83. The average Bonchev–Trinajstić information content (AvgIpc) is 3.40. The molecule has 0 aliphatic carbocycles. The first-order valence-electron chi connectivity index (χ1n) is 22.3.